The zero-order valence-corrected chi connectivity index (χ0v) is 30.7. The maximum atomic E-state index is 9.10. The van der Waals surface area contributed by atoms with Crippen molar-refractivity contribution in [1.29, 1.82) is 0 Å². The molecular weight excluding hydrogens is 643 g/mol. The minimum atomic E-state index is -2.53. The van der Waals surface area contributed by atoms with E-state index in [1.54, 1.807) is 0 Å². The molecule has 7 aromatic rings. The minimum Gasteiger partial charge on any atom is -0.311 e. The summed E-state index contributed by atoms with van der Waals surface area (Å²) >= 11 is 0. The maximum Gasteiger partial charge on any atom is 0.251 e. The van der Waals surface area contributed by atoms with Crippen LogP contribution in [-0.4, -0.2) is 14.8 Å². The molecule has 3 heterocycles. The summed E-state index contributed by atoms with van der Waals surface area (Å²) in [5.74, 6) is 0. The molecule has 2 nitrogen and oxygen atoms in total. The molecule has 52 heavy (non-hydrogen) atoms. The van der Waals surface area contributed by atoms with Crippen LogP contribution in [0.2, 0.25) is 13.1 Å². The van der Waals surface area contributed by atoms with Crippen LogP contribution < -0.4 is 36.6 Å². The van der Waals surface area contributed by atoms with E-state index in [1.807, 2.05) is 54.6 Å². The summed E-state index contributed by atoms with van der Waals surface area (Å²) in [7, 11) is -2.53. The van der Waals surface area contributed by atoms with Crippen molar-refractivity contribution in [2.75, 3.05) is 9.80 Å². The van der Waals surface area contributed by atoms with Crippen molar-refractivity contribution in [3.05, 3.63) is 163 Å². The summed E-state index contributed by atoms with van der Waals surface area (Å²) in [6.45, 7) is 11.3. The number of anilines is 6. The molecule has 7 aromatic carbocycles. The molecule has 0 radical (unpaired) electrons. The van der Waals surface area contributed by atoms with E-state index < -0.39 is 44.3 Å². The van der Waals surface area contributed by atoms with Gasteiger partial charge in [-0.05, 0) is 74.9 Å². The van der Waals surface area contributed by atoms with Crippen LogP contribution in [-0.2, 0) is 5.41 Å². The zero-order valence-electron chi connectivity index (χ0n) is 39.7. The molecule has 0 amide bonds. The molecule has 0 saturated carbocycles. The van der Waals surface area contributed by atoms with Crippen molar-refractivity contribution in [1.82, 2.24) is 0 Å². The Kier molecular flexibility index (Phi) is 4.82. The van der Waals surface area contributed by atoms with Gasteiger partial charge in [0.1, 0.15) is 8.07 Å². The first kappa shape index (κ1) is 22.4. The van der Waals surface area contributed by atoms with Crippen LogP contribution in [0.15, 0.2) is 157 Å². The van der Waals surface area contributed by atoms with Crippen molar-refractivity contribution in [2.24, 2.45) is 0 Å². The number of para-hydroxylation sites is 2. The van der Waals surface area contributed by atoms with Gasteiger partial charge in [-0.2, -0.15) is 0 Å². The van der Waals surface area contributed by atoms with Gasteiger partial charge in [0.25, 0.3) is 6.71 Å². The predicted molar refractivity (Wildman–Crippen MR) is 227 cm³/mol. The summed E-state index contributed by atoms with van der Waals surface area (Å²) in [5.41, 5.74) is 10.6. The standard InChI is InChI=1S/C48H41BN2Si/c1-48(2,3)34-30-42-47-44(31-34)52(4,5)43-29-17-28-41-46(43)49(47)45-39(50(41)37-24-14-12-22-35(37)32-18-8-6-9-19-32)26-16-27-40(45)51(42)38-25-15-13-23-36(38)33-20-10-7-11-21-33/h6-31H,1-5H3/i6D,7D,8D,9D,10D,11D,18D,19D,20D,21D. The monoisotopic (exact) mass is 694 g/mol. The van der Waals surface area contributed by atoms with Gasteiger partial charge in [0.15, 0.2) is 0 Å². The molecule has 4 heteroatoms. The third-order valence-corrected chi connectivity index (χ3v) is 14.7. The van der Waals surface area contributed by atoms with Crippen molar-refractivity contribution in [3.63, 3.8) is 0 Å². The van der Waals surface area contributed by atoms with Crippen molar-refractivity contribution in [3.8, 4) is 22.3 Å². The van der Waals surface area contributed by atoms with Gasteiger partial charge in [-0.15, -0.1) is 0 Å². The number of hydrogen-bond donors (Lipinski definition) is 0. The fourth-order valence-electron chi connectivity index (χ4n) is 8.79. The Morgan fingerprint density at radius 3 is 1.52 bits per heavy atom. The van der Waals surface area contributed by atoms with Gasteiger partial charge in [-0.3, -0.25) is 0 Å². The smallest absolute Gasteiger partial charge is 0.251 e. The molecule has 0 aliphatic carbocycles. The van der Waals surface area contributed by atoms with Crippen LogP contribution in [0, 0.1) is 0 Å². The molecule has 0 atom stereocenters. The van der Waals surface area contributed by atoms with E-state index in [0.29, 0.717) is 22.5 Å². The van der Waals surface area contributed by atoms with Gasteiger partial charge in [-0.1, -0.05) is 165 Å². The van der Waals surface area contributed by atoms with E-state index in [9.17, 15) is 0 Å². The molecule has 10 rings (SSSR count). The number of nitrogens with zero attached hydrogens (tertiary/aromatic N) is 2. The van der Waals surface area contributed by atoms with E-state index in [-0.39, 0.29) is 47.4 Å². The largest absolute Gasteiger partial charge is 0.311 e. The highest BCUT2D eigenvalue weighted by molar-refractivity contribution is 7.16. The second-order valence-electron chi connectivity index (χ2n) is 15.4. The second kappa shape index (κ2) is 11.2. The Labute approximate surface area is 323 Å². The van der Waals surface area contributed by atoms with Crippen LogP contribution in [0.25, 0.3) is 22.3 Å². The molecule has 0 aromatic heterocycles. The van der Waals surface area contributed by atoms with Gasteiger partial charge in [0.05, 0.1) is 25.1 Å². The topological polar surface area (TPSA) is 6.48 Å². The number of rotatable bonds is 4. The minimum absolute atomic E-state index is 0.120. The summed E-state index contributed by atoms with van der Waals surface area (Å²) in [6, 6.07) is 28.9. The number of hydrogen-bond acceptors (Lipinski definition) is 2. The normalized spacial score (nSPS) is 17.4. The zero-order chi connectivity index (χ0) is 44.1. The van der Waals surface area contributed by atoms with Crippen LogP contribution in [0.4, 0.5) is 34.1 Å². The predicted octanol–water partition coefficient (Wildman–Crippen LogP) is 9.54. The molecular formula is C48H41BN2Si. The highest BCUT2D eigenvalue weighted by atomic mass is 28.3. The van der Waals surface area contributed by atoms with Gasteiger partial charge in [0.2, 0.25) is 0 Å². The Balaban J connectivity index is 1.34. The van der Waals surface area contributed by atoms with E-state index in [0.717, 1.165) is 28.2 Å². The summed E-state index contributed by atoms with van der Waals surface area (Å²) in [6.07, 6.45) is 0. The fourth-order valence-corrected chi connectivity index (χ4v) is 12.0. The molecule has 0 saturated heterocycles. The lowest BCUT2D eigenvalue weighted by Crippen LogP contribution is -2.79. The molecule has 3 aliphatic rings. The average molecular weight is 695 g/mol. The van der Waals surface area contributed by atoms with Crippen LogP contribution >= 0.6 is 0 Å². The molecule has 3 aliphatic heterocycles. The third-order valence-electron chi connectivity index (χ3n) is 11.2. The van der Waals surface area contributed by atoms with Gasteiger partial charge in [0, 0.05) is 33.9 Å². The van der Waals surface area contributed by atoms with Crippen molar-refractivity contribution >= 4 is 75.7 Å². The maximum absolute atomic E-state index is 9.10. The average Bonchev–Trinajstić information content (AvgIpc) is 3.25. The van der Waals surface area contributed by atoms with Crippen molar-refractivity contribution in [2.45, 2.75) is 39.3 Å². The molecule has 0 bridgehead atoms. The molecule has 0 unspecified atom stereocenters. The first-order valence-electron chi connectivity index (χ1n) is 22.8. The lowest BCUT2D eigenvalue weighted by molar-refractivity contribution is 0.591. The highest BCUT2D eigenvalue weighted by Crippen LogP contribution is 2.48. The van der Waals surface area contributed by atoms with Crippen molar-refractivity contribution < 1.29 is 13.7 Å². The van der Waals surface area contributed by atoms with Crippen LogP contribution in [0.1, 0.15) is 40.0 Å². The highest BCUT2D eigenvalue weighted by Gasteiger charge is 2.52. The Hall–Kier alpha value is -5.58. The lowest BCUT2D eigenvalue weighted by atomic mass is 9.33. The number of benzene rings is 7. The van der Waals surface area contributed by atoms with E-state index >= 15 is 0 Å². The summed E-state index contributed by atoms with van der Waals surface area (Å²) in [5, 5.41) is 2.61. The second-order valence-corrected chi connectivity index (χ2v) is 19.7. The lowest BCUT2D eigenvalue weighted by Gasteiger charge is -2.50. The first-order valence-corrected chi connectivity index (χ1v) is 20.8. The van der Waals surface area contributed by atoms with Gasteiger partial charge < -0.3 is 9.80 Å². The van der Waals surface area contributed by atoms with E-state index in [1.165, 1.54) is 26.9 Å². The van der Waals surface area contributed by atoms with Gasteiger partial charge in [-0.25, -0.2) is 0 Å². The van der Waals surface area contributed by atoms with Crippen LogP contribution in [0.5, 0.6) is 0 Å². The quantitative estimate of drug-likeness (QED) is 0.169. The molecule has 0 N–H and O–H groups in total. The SMILES string of the molecule is [2H]c1c([2H])c([2H])c(-c2ccccc2N2c3cccc4c3B3c5c2cccc5[Si](C)(C)c2cc(C(C)(C)C)cc(c23)N4c2ccccc2-c2c([2H])c([2H])c([2H])c([2H])c2[2H])c([2H])c1[2H]. The Morgan fingerprint density at radius 2 is 0.962 bits per heavy atom. The first-order chi connectivity index (χ1) is 29.4. The van der Waals surface area contributed by atoms with E-state index in [2.05, 4.69) is 86.1 Å². The van der Waals surface area contributed by atoms with Crippen LogP contribution in [0.3, 0.4) is 0 Å². The van der Waals surface area contributed by atoms with E-state index in [4.69, 9.17) is 13.7 Å². The summed E-state index contributed by atoms with van der Waals surface area (Å²) in [4.78, 5) is 4.41. The molecule has 0 fully saturated rings. The summed E-state index contributed by atoms with van der Waals surface area (Å²) < 4.78 is 87.5. The third kappa shape index (κ3) is 4.37. The Morgan fingerprint density at radius 1 is 0.500 bits per heavy atom. The Bertz CT molecular complexity index is 3090. The molecule has 0 spiro atoms. The fraction of sp³-hybridized carbons (Fsp3) is 0.125. The molecule has 250 valence electrons. The van der Waals surface area contributed by atoms with Gasteiger partial charge >= 0.3 is 0 Å².